The van der Waals surface area contributed by atoms with Crippen molar-refractivity contribution in [1.29, 1.82) is 0 Å². The van der Waals surface area contributed by atoms with E-state index in [2.05, 4.69) is 46.9 Å². The Morgan fingerprint density at radius 1 is 0.736 bits per heavy atom. The number of anilines is 1. The molecule has 0 aliphatic carbocycles. The number of carbonyl (C=O) groups is 10. The number of phenolic OH excluding ortho intramolecular Hbond substituents is 3. The standard InChI is InChI=1S/C86H94Cl2F3N11O27/c1-6-39(21-36(2)3)78(117)100-69-54(107)26-44(29-61(92)109)79(118)98-67-43-27-58(124-56-15-10-41(71(69)112)24-50(56)87)75(128-83-76(74(115)73(114)60(35-103)126-83)127-65-33-85(5,77(116)37(4)123-65)95-18-20-102-19-17-63(97-84(102)122)96-64(111)22-38-7-12-46(13-8-38)129-86(89,90)91)59(28-43)125-57-16-11-42(25-51(57)88)72(113)70-82(121)99-68(81(120)94-34-62(93)110)49-30-45(104)31-53(106)66(49)48-23-40(9-14-52(48)105)47(32-55(67)108)80(119)101-70/h7-17,19,23-25,27-28,30-31,36-37,39,44,47,60,65,67-74,76-77,83,95,103-106,112-116H,6,18,20-22,26,29,32-35H2,1-5H3,(H2,92,109)(H2,93,110)(H,94,120)(H,98,118)(H,99,121)(H,100,117)(H,101,119)(H,96,97,111,122)/t37-,39+,44-,47+,60+,65-,67?,68+,69-,70-,71+,72+,73+,74-,76+,77+,83-,85-/m0/s1. The van der Waals surface area contributed by atoms with Gasteiger partial charge in [-0.05, 0) is 139 Å². The number of fused-ring (bicyclic) bond motifs is 15. The van der Waals surface area contributed by atoms with Crippen LogP contribution in [0.2, 0.25) is 10.0 Å². The molecule has 7 aromatic rings. The quantitative estimate of drug-likeness (QED) is 0.0430. The molecule has 11 bridgehead atoms. The number of carbonyl (C=O) groups excluding carboxylic acids is 10. The van der Waals surface area contributed by atoms with Crippen LogP contribution >= 0.6 is 23.2 Å². The van der Waals surface area contributed by atoms with Crippen LogP contribution in [-0.2, 0) is 75.1 Å². The number of halogens is 5. The number of nitrogens with zero attached hydrogens (tertiary/aromatic N) is 2. The van der Waals surface area contributed by atoms with E-state index >= 15 is 24.0 Å². The van der Waals surface area contributed by atoms with Gasteiger partial charge in [0, 0.05) is 73.6 Å². The number of phenols is 3. The van der Waals surface area contributed by atoms with Crippen molar-refractivity contribution in [1.82, 2.24) is 41.5 Å². The molecule has 690 valence electrons. The number of rotatable bonds is 23. The number of ether oxygens (including phenoxy) is 7. The molecule has 0 radical (unpaired) electrons. The largest absolute Gasteiger partial charge is 0.573 e. The van der Waals surface area contributed by atoms with Crippen molar-refractivity contribution in [2.24, 2.45) is 29.2 Å². The van der Waals surface area contributed by atoms with Gasteiger partial charge in [-0.2, -0.15) is 4.98 Å². The van der Waals surface area contributed by atoms with Crippen molar-refractivity contribution in [3.05, 3.63) is 169 Å². The van der Waals surface area contributed by atoms with Crippen molar-refractivity contribution in [3.63, 3.8) is 0 Å². The molecule has 7 aliphatic heterocycles. The van der Waals surface area contributed by atoms with Gasteiger partial charge in [0.15, 0.2) is 35.5 Å². The van der Waals surface area contributed by atoms with Crippen LogP contribution in [0.5, 0.6) is 51.7 Å². The van der Waals surface area contributed by atoms with E-state index in [1.54, 1.807) is 13.8 Å². The third kappa shape index (κ3) is 22.6. The summed E-state index contributed by atoms with van der Waals surface area (Å²) in [6.07, 6.45) is -25.4. The predicted octanol–water partition coefficient (Wildman–Crippen LogP) is 4.01. The van der Waals surface area contributed by atoms with Gasteiger partial charge in [-0.25, -0.2) is 4.79 Å². The summed E-state index contributed by atoms with van der Waals surface area (Å²) in [5.41, 5.74) is 6.65. The molecule has 8 amide bonds. The molecule has 2 fully saturated rings. The van der Waals surface area contributed by atoms with Crippen molar-refractivity contribution < 1.29 is 140 Å². The Balaban J connectivity index is 0.980. The van der Waals surface area contributed by atoms with Gasteiger partial charge in [0.2, 0.25) is 59.3 Å². The zero-order valence-electron chi connectivity index (χ0n) is 69.5. The molecule has 8 heterocycles. The lowest BCUT2D eigenvalue weighted by atomic mass is 9.84. The molecule has 0 saturated carbocycles. The summed E-state index contributed by atoms with van der Waals surface area (Å²) < 4.78 is 82.7. The van der Waals surface area contributed by atoms with Crippen LogP contribution in [-0.4, -0.2) is 207 Å². The number of primary amides is 2. The second-order valence-electron chi connectivity index (χ2n) is 32.5. The van der Waals surface area contributed by atoms with Gasteiger partial charge >= 0.3 is 12.1 Å². The van der Waals surface area contributed by atoms with Gasteiger partial charge < -0.3 is 128 Å². The Morgan fingerprint density at radius 2 is 1.40 bits per heavy atom. The van der Waals surface area contributed by atoms with E-state index in [0.717, 1.165) is 83.4 Å². The molecule has 7 aliphatic rings. The van der Waals surface area contributed by atoms with Crippen LogP contribution < -0.4 is 73.3 Å². The average Bonchev–Trinajstić information content (AvgIpc) is 0.764. The van der Waals surface area contributed by atoms with Crippen LogP contribution in [0.25, 0.3) is 11.1 Å². The number of amides is 8. The highest BCUT2D eigenvalue weighted by molar-refractivity contribution is 6.32. The molecule has 1 unspecified atom stereocenters. The zero-order chi connectivity index (χ0) is 93.7. The first kappa shape index (κ1) is 96.0. The number of ketones is 2. The number of aliphatic hydroxyl groups excluding tert-OH is 6. The van der Waals surface area contributed by atoms with Crippen molar-refractivity contribution in [2.75, 3.05) is 25.0 Å². The maximum Gasteiger partial charge on any atom is 0.573 e. The minimum Gasteiger partial charge on any atom is -0.508 e. The first-order valence-corrected chi connectivity index (χ1v) is 41.5. The minimum atomic E-state index is -4.94. The van der Waals surface area contributed by atoms with Gasteiger partial charge in [0.05, 0.1) is 53.7 Å². The lowest BCUT2D eigenvalue weighted by Crippen LogP contribution is -2.65. The molecule has 0 spiro atoms. The van der Waals surface area contributed by atoms with Crippen LogP contribution in [0.3, 0.4) is 0 Å². The highest BCUT2D eigenvalue weighted by Crippen LogP contribution is 2.51. The van der Waals surface area contributed by atoms with Crippen LogP contribution in [0.15, 0.2) is 120 Å². The lowest BCUT2D eigenvalue weighted by Gasteiger charge is -2.48. The van der Waals surface area contributed by atoms with E-state index in [0.29, 0.717) is 12.0 Å². The van der Waals surface area contributed by atoms with E-state index in [9.17, 15) is 87.9 Å². The molecule has 38 nitrogen and oxygen atoms in total. The fourth-order valence-corrected chi connectivity index (χ4v) is 16.4. The SMILES string of the molecule is CC[C@H](CC(C)C)C(=O)N[C@H]1C(=O)C[C@@H](CC(N)=O)C(=O)NC2C(=O)C[C@H]3C(=O)N[C@H](C(=O)N[C@@H](C(=O)NCC(N)=O)c4cc(O)cc(O)c4-c4cc3ccc4O)[C@H](O)c3ccc(c(Cl)c3)Oc3cc2cc(c3O[C@@H]2O[C@H](CO)[C@@H](O)[C@H](O)[C@H]2O[C@H]2C[C@](C)(NCCn3ccc(NC(=O)Cc4ccc(OC(F)(F)F)cc4)nc3=O)[C@H](O)[C@H](C)O2)Oc2ccc(cc2Cl)[C@H]1O. The number of aromatic hydroxyl groups is 3. The van der Waals surface area contributed by atoms with Gasteiger partial charge in [-0.15, -0.1) is 13.2 Å². The summed E-state index contributed by atoms with van der Waals surface area (Å²) in [7, 11) is 0. The third-order valence-electron chi connectivity index (χ3n) is 22.6. The highest BCUT2D eigenvalue weighted by Gasteiger charge is 2.53. The molecule has 14 rings (SSSR count). The smallest absolute Gasteiger partial charge is 0.508 e. The summed E-state index contributed by atoms with van der Waals surface area (Å²) in [5, 5.41) is 124. The maximum absolute atomic E-state index is 16.5. The normalized spacial score (nSPS) is 25.7. The third-order valence-corrected chi connectivity index (χ3v) is 23.2. The van der Waals surface area contributed by atoms with E-state index < -0.39 is 285 Å². The van der Waals surface area contributed by atoms with Gasteiger partial charge in [-0.1, -0.05) is 74.3 Å². The number of nitrogens with one attached hydrogen (secondary N) is 7. The van der Waals surface area contributed by atoms with Crippen molar-refractivity contribution in [3.8, 4) is 62.9 Å². The zero-order valence-corrected chi connectivity index (χ0v) is 71.0. The number of aliphatic hydroxyl groups is 6. The highest BCUT2D eigenvalue weighted by atomic mass is 35.5. The second kappa shape index (κ2) is 40.3. The fraction of sp³-hybridized carbons (Fsp3) is 0.419. The predicted molar refractivity (Wildman–Crippen MR) is 445 cm³/mol. The van der Waals surface area contributed by atoms with E-state index in [1.807, 2.05) is 13.8 Å². The van der Waals surface area contributed by atoms with Gasteiger partial charge in [0.1, 0.15) is 95.0 Å². The number of alkyl halides is 3. The number of benzene rings is 6. The Morgan fingerprint density at radius 3 is 2.01 bits per heavy atom. The summed E-state index contributed by atoms with van der Waals surface area (Å²) >= 11 is 14.4. The molecule has 20 N–H and O–H groups in total. The molecular formula is C86H94Cl2F3N11O27. The molecule has 18 atom stereocenters. The number of Topliss-reactive ketones (excluding diaryl/α,β-unsaturated/α-hetero) is 2. The molecule has 6 aromatic carbocycles. The number of hydrogen-bond acceptors (Lipinski definition) is 29. The van der Waals surface area contributed by atoms with Gasteiger partial charge in [-0.3, -0.25) is 52.5 Å². The Bertz CT molecular complexity index is 5520. The van der Waals surface area contributed by atoms with Crippen molar-refractivity contribution >= 4 is 87.8 Å². The van der Waals surface area contributed by atoms with E-state index in [1.165, 1.54) is 43.5 Å². The average molecular weight is 1840 g/mol. The van der Waals surface area contributed by atoms with Crippen LogP contribution in [0.4, 0.5) is 19.0 Å². The number of nitrogens with two attached hydrogens (primary N) is 2. The fourth-order valence-electron chi connectivity index (χ4n) is 16.0. The first-order chi connectivity index (χ1) is 61.0. The summed E-state index contributed by atoms with van der Waals surface area (Å²) in [5.74, 6) is -21.8. The Hall–Kier alpha value is -12.1. The monoisotopic (exact) mass is 1840 g/mol. The Kier molecular flexibility index (Phi) is 30.0. The maximum atomic E-state index is 16.5. The van der Waals surface area contributed by atoms with Gasteiger partial charge in [0.25, 0.3) is 0 Å². The summed E-state index contributed by atoms with van der Waals surface area (Å²) in [6, 6.07) is 11.1. The first-order valence-electron chi connectivity index (χ1n) is 40.7. The molecule has 2 saturated heterocycles. The molecule has 43 heteroatoms. The Labute approximate surface area is 742 Å². The summed E-state index contributed by atoms with van der Waals surface area (Å²) in [6.45, 7) is 6.31. The lowest BCUT2D eigenvalue weighted by molar-refractivity contribution is -0.334. The summed E-state index contributed by atoms with van der Waals surface area (Å²) in [4.78, 5) is 163. The topological polar surface area (TPSA) is 589 Å². The molecule has 1 aromatic heterocycles. The molecular weight excluding hydrogens is 1750 g/mol. The van der Waals surface area contributed by atoms with E-state index in [-0.39, 0.29) is 71.6 Å². The van der Waals surface area contributed by atoms with Crippen LogP contribution in [0.1, 0.15) is 137 Å². The second-order valence-corrected chi connectivity index (χ2v) is 33.3. The minimum absolute atomic E-state index is 0.0586. The van der Waals surface area contributed by atoms with Crippen molar-refractivity contribution in [2.45, 2.75) is 190 Å². The van der Waals surface area contributed by atoms with Crippen LogP contribution in [0, 0.1) is 17.8 Å². The van der Waals surface area contributed by atoms with E-state index in [4.69, 9.17) is 63.1 Å². The number of aromatic nitrogens is 2. The molecule has 129 heavy (non-hydrogen) atoms. The number of hydrogen-bond donors (Lipinski definition) is 18.